The van der Waals surface area contributed by atoms with Crippen molar-refractivity contribution in [3.63, 3.8) is 0 Å². The van der Waals surface area contributed by atoms with Crippen LogP contribution in [0, 0.1) is 5.92 Å². The quantitative estimate of drug-likeness (QED) is 0.760. The van der Waals surface area contributed by atoms with E-state index in [-0.39, 0.29) is 11.9 Å². The van der Waals surface area contributed by atoms with Gasteiger partial charge < -0.3 is 15.4 Å². The Bertz CT molecular complexity index is 323. The molecule has 1 amide bonds. The normalized spacial score (nSPS) is 21.3. The van der Waals surface area contributed by atoms with Crippen LogP contribution in [0.1, 0.15) is 27.2 Å². The molecule has 2 unspecified atom stereocenters. The van der Waals surface area contributed by atoms with Gasteiger partial charge in [0.05, 0.1) is 12.6 Å². The molecule has 2 atom stereocenters. The van der Waals surface area contributed by atoms with E-state index in [0.717, 1.165) is 5.75 Å². The SMILES string of the molecule is CCOC(=O)C1CSCCN1C(=O)C(N)CC(C)C. The number of hydrogen-bond donors (Lipinski definition) is 1. The molecule has 0 aromatic heterocycles. The van der Waals surface area contributed by atoms with E-state index in [0.29, 0.717) is 31.2 Å². The summed E-state index contributed by atoms with van der Waals surface area (Å²) in [6, 6.07) is -1.01. The standard InChI is InChI=1S/C13H24N2O3S/c1-4-18-13(17)11-8-19-6-5-15(11)12(16)10(14)7-9(2)3/h9-11H,4-8,14H2,1-3H3. The molecule has 1 heterocycles. The minimum absolute atomic E-state index is 0.132. The Morgan fingerprint density at radius 2 is 2.16 bits per heavy atom. The van der Waals surface area contributed by atoms with Crippen LogP contribution in [0.15, 0.2) is 0 Å². The first-order valence-electron chi connectivity index (χ1n) is 6.77. The number of nitrogens with zero attached hydrogens (tertiary/aromatic N) is 1. The van der Waals surface area contributed by atoms with Crippen molar-refractivity contribution in [3.05, 3.63) is 0 Å². The van der Waals surface area contributed by atoms with Gasteiger partial charge in [0.15, 0.2) is 0 Å². The summed E-state index contributed by atoms with van der Waals surface area (Å²) in [7, 11) is 0. The van der Waals surface area contributed by atoms with Crippen molar-refractivity contribution in [2.24, 2.45) is 11.7 Å². The second kappa shape index (κ2) is 7.75. The van der Waals surface area contributed by atoms with E-state index < -0.39 is 12.1 Å². The van der Waals surface area contributed by atoms with Crippen LogP contribution in [0.2, 0.25) is 0 Å². The molecular formula is C13H24N2O3S. The first-order chi connectivity index (χ1) is 8.97. The van der Waals surface area contributed by atoms with Gasteiger partial charge in [0, 0.05) is 18.1 Å². The highest BCUT2D eigenvalue weighted by Gasteiger charge is 2.35. The maximum absolute atomic E-state index is 12.3. The lowest BCUT2D eigenvalue weighted by atomic mass is 10.0. The summed E-state index contributed by atoms with van der Waals surface area (Å²) in [6.07, 6.45) is 0.637. The molecule has 19 heavy (non-hydrogen) atoms. The largest absolute Gasteiger partial charge is 0.464 e. The van der Waals surface area contributed by atoms with Gasteiger partial charge in [0.2, 0.25) is 5.91 Å². The summed E-state index contributed by atoms with van der Waals surface area (Å²) in [5.41, 5.74) is 5.94. The van der Waals surface area contributed by atoms with Crippen LogP contribution in [0.3, 0.4) is 0 Å². The van der Waals surface area contributed by atoms with Crippen LogP contribution in [0.5, 0.6) is 0 Å². The van der Waals surface area contributed by atoms with Crippen molar-refractivity contribution in [2.45, 2.75) is 39.3 Å². The molecule has 0 radical (unpaired) electrons. The van der Waals surface area contributed by atoms with Gasteiger partial charge in [0.1, 0.15) is 6.04 Å². The number of thioether (sulfide) groups is 1. The molecular weight excluding hydrogens is 264 g/mol. The molecule has 1 fully saturated rings. The Morgan fingerprint density at radius 3 is 2.74 bits per heavy atom. The van der Waals surface area contributed by atoms with E-state index in [1.54, 1.807) is 23.6 Å². The van der Waals surface area contributed by atoms with Crippen LogP contribution < -0.4 is 5.73 Å². The Labute approximate surface area is 119 Å². The second-order valence-electron chi connectivity index (χ2n) is 5.11. The van der Waals surface area contributed by atoms with Crippen molar-refractivity contribution in [1.29, 1.82) is 0 Å². The molecule has 2 N–H and O–H groups in total. The van der Waals surface area contributed by atoms with E-state index in [1.165, 1.54) is 0 Å². The van der Waals surface area contributed by atoms with Crippen LogP contribution >= 0.6 is 11.8 Å². The zero-order chi connectivity index (χ0) is 14.4. The van der Waals surface area contributed by atoms with Crippen molar-refractivity contribution in [3.8, 4) is 0 Å². The van der Waals surface area contributed by atoms with Crippen LogP contribution in [0.4, 0.5) is 0 Å². The lowest BCUT2D eigenvalue weighted by molar-refractivity contribution is -0.154. The van der Waals surface area contributed by atoms with Gasteiger partial charge in [0.25, 0.3) is 0 Å². The lowest BCUT2D eigenvalue weighted by Crippen LogP contribution is -2.55. The first kappa shape index (κ1) is 16.3. The van der Waals surface area contributed by atoms with Crippen molar-refractivity contribution >= 4 is 23.6 Å². The summed E-state index contributed by atoms with van der Waals surface area (Å²) in [5, 5.41) is 0. The number of rotatable bonds is 5. The van der Waals surface area contributed by atoms with Gasteiger partial charge in [-0.15, -0.1) is 0 Å². The summed E-state index contributed by atoms with van der Waals surface area (Å²) >= 11 is 1.67. The topological polar surface area (TPSA) is 72.6 Å². The van der Waals surface area contributed by atoms with E-state index in [9.17, 15) is 9.59 Å². The number of carbonyl (C=O) groups excluding carboxylic acids is 2. The summed E-state index contributed by atoms with van der Waals surface area (Å²) in [6.45, 7) is 6.73. The third-order valence-electron chi connectivity index (χ3n) is 3.01. The number of esters is 1. The Kier molecular flexibility index (Phi) is 6.65. The summed E-state index contributed by atoms with van der Waals surface area (Å²) < 4.78 is 5.04. The fourth-order valence-electron chi connectivity index (χ4n) is 2.12. The number of amides is 1. The highest BCUT2D eigenvalue weighted by Crippen LogP contribution is 2.19. The molecule has 0 bridgehead atoms. The number of ether oxygens (including phenoxy) is 1. The lowest BCUT2D eigenvalue weighted by Gasteiger charge is -2.35. The maximum atomic E-state index is 12.3. The average Bonchev–Trinajstić information content (AvgIpc) is 2.37. The molecule has 1 saturated heterocycles. The number of nitrogens with two attached hydrogens (primary N) is 1. The van der Waals surface area contributed by atoms with Gasteiger partial charge in [-0.25, -0.2) is 4.79 Å². The Balaban J connectivity index is 2.70. The van der Waals surface area contributed by atoms with Crippen molar-refractivity contribution in [1.82, 2.24) is 4.90 Å². The molecule has 0 aromatic rings. The van der Waals surface area contributed by atoms with Gasteiger partial charge >= 0.3 is 5.97 Å². The minimum Gasteiger partial charge on any atom is -0.464 e. The molecule has 6 heteroatoms. The Hall–Kier alpha value is -0.750. The summed E-state index contributed by atoms with van der Waals surface area (Å²) in [4.78, 5) is 25.8. The highest BCUT2D eigenvalue weighted by molar-refractivity contribution is 7.99. The molecule has 5 nitrogen and oxygen atoms in total. The minimum atomic E-state index is -0.528. The van der Waals surface area contributed by atoms with Crippen LogP contribution in [-0.2, 0) is 14.3 Å². The third kappa shape index (κ3) is 4.69. The predicted molar refractivity (Wildman–Crippen MR) is 76.9 cm³/mol. The first-order valence-corrected chi connectivity index (χ1v) is 7.93. The van der Waals surface area contributed by atoms with Gasteiger partial charge in [-0.2, -0.15) is 11.8 Å². The molecule has 110 valence electrons. The van der Waals surface area contributed by atoms with Gasteiger partial charge in [-0.1, -0.05) is 13.8 Å². The van der Waals surface area contributed by atoms with Crippen molar-refractivity contribution in [2.75, 3.05) is 24.7 Å². The molecule has 0 aromatic carbocycles. The van der Waals surface area contributed by atoms with Gasteiger partial charge in [-0.3, -0.25) is 4.79 Å². The molecule has 1 aliphatic heterocycles. The number of hydrogen-bond acceptors (Lipinski definition) is 5. The zero-order valence-corrected chi connectivity index (χ0v) is 12.7. The van der Waals surface area contributed by atoms with E-state index in [1.807, 2.05) is 13.8 Å². The predicted octanol–water partition coefficient (Wildman–Crippen LogP) is 0.867. The smallest absolute Gasteiger partial charge is 0.329 e. The Morgan fingerprint density at radius 1 is 1.47 bits per heavy atom. The zero-order valence-electron chi connectivity index (χ0n) is 11.9. The van der Waals surface area contributed by atoms with Crippen LogP contribution in [-0.4, -0.2) is 53.5 Å². The third-order valence-corrected chi connectivity index (χ3v) is 4.04. The van der Waals surface area contributed by atoms with E-state index in [2.05, 4.69) is 0 Å². The fraction of sp³-hybridized carbons (Fsp3) is 0.846. The molecule has 0 aliphatic carbocycles. The molecule has 0 saturated carbocycles. The molecule has 1 aliphatic rings. The van der Waals surface area contributed by atoms with E-state index >= 15 is 0 Å². The molecule has 0 spiro atoms. The highest BCUT2D eigenvalue weighted by atomic mass is 32.2. The fourth-order valence-corrected chi connectivity index (χ4v) is 3.15. The van der Waals surface area contributed by atoms with E-state index in [4.69, 9.17) is 10.5 Å². The number of carbonyl (C=O) groups is 2. The monoisotopic (exact) mass is 288 g/mol. The van der Waals surface area contributed by atoms with Crippen molar-refractivity contribution < 1.29 is 14.3 Å². The van der Waals surface area contributed by atoms with Crippen LogP contribution in [0.25, 0.3) is 0 Å². The maximum Gasteiger partial charge on any atom is 0.329 e. The molecule has 1 rings (SSSR count). The average molecular weight is 288 g/mol. The van der Waals surface area contributed by atoms with Gasteiger partial charge in [-0.05, 0) is 19.3 Å². The summed E-state index contributed by atoms with van der Waals surface area (Å²) in [5.74, 6) is 1.35. The second-order valence-corrected chi connectivity index (χ2v) is 6.26.